The van der Waals surface area contributed by atoms with Crippen LogP contribution in [0.5, 0.6) is 0 Å². The molecule has 1 saturated carbocycles. The van der Waals surface area contributed by atoms with Gasteiger partial charge in [-0.15, -0.1) is 0 Å². The molecule has 0 aromatic heterocycles. The van der Waals surface area contributed by atoms with Crippen LogP contribution in [-0.4, -0.2) is 54.1 Å². The summed E-state index contributed by atoms with van der Waals surface area (Å²) in [6, 6.07) is 6.65. The molecule has 6 N–H and O–H groups in total. The van der Waals surface area contributed by atoms with Crippen molar-refractivity contribution < 1.29 is 29.0 Å². The van der Waals surface area contributed by atoms with Crippen molar-refractivity contribution in [3.05, 3.63) is 33.4 Å². The number of nitrogens with one attached hydrogen (secondary N) is 3. The second-order valence-electron chi connectivity index (χ2n) is 8.79. The summed E-state index contributed by atoms with van der Waals surface area (Å²) in [5.41, 5.74) is 10.5. The van der Waals surface area contributed by atoms with Crippen LogP contribution in [0.3, 0.4) is 0 Å². The Morgan fingerprint density at radius 1 is 1.22 bits per heavy atom. The van der Waals surface area contributed by atoms with Gasteiger partial charge in [-0.3, -0.25) is 10.2 Å². The molecular weight excluding hydrogens is 531 g/mol. The number of rotatable bonds is 10. The van der Waals surface area contributed by atoms with E-state index in [-0.39, 0.29) is 19.1 Å². The molecule has 178 valence electrons. The van der Waals surface area contributed by atoms with Crippen molar-refractivity contribution in [3.63, 3.8) is 0 Å². The summed E-state index contributed by atoms with van der Waals surface area (Å²) in [6.45, 7) is 5.31. The molecule has 1 aliphatic carbocycles. The number of carbonyl (C=O) groups excluding carboxylic acids is 3. The first kappa shape index (κ1) is 26.1. The van der Waals surface area contributed by atoms with E-state index >= 15 is 0 Å². The van der Waals surface area contributed by atoms with E-state index in [1.54, 1.807) is 20.8 Å². The molecular formula is C21H31IN4O6. The highest BCUT2D eigenvalue weighted by atomic mass is 127. The first-order valence-corrected chi connectivity index (χ1v) is 11.4. The molecule has 1 aromatic carbocycles. The molecule has 1 aliphatic rings. The predicted molar refractivity (Wildman–Crippen MR) is 125 cm³/mol. The van der Waals surface area contributed by atoms with E-state index < -0.39 is 41.8 Å². The van der Waals surface area contributed by atoms with E-state index in [0.29, 0.717) is 0 Å². The number of aliphatic hydroxyl groups excluding tert-OH is 1. The van der Waals surface area contributed by atoms with Crippen LogP contribution in [0, 0.1) is 8.99 Å². The minimum Gasteiger partial charge on any atom is -0.446 e. The molecule has 32 heavy (non-hydrogen) atoms. The zero-order valence-corrected chi connectivity index (χ0v) is 20.5. The van der Waals surface area contributed by atoms with Gasteiger partial charge in [0.25, 0.3) is 5.91 Å². The number of benzene rings is 1. The lowest BCUT2D eigenvalue weighted by molar-refractivity contribution is -0.126. The quantitative estimate of drug-likeness (QED) is 0.215. The molecule has 0 bridgehead atoms. The summed E-state index contributed by atoms with van der Waals surface area (Å²) in [5.74, 6) is -0.498. The second-order valence-corrected chi connectivity index (χ2v) is 10.0. The molecule has 1 aromatic rings. The van der Waals surface area contributed by atoms with Crippen LogP contribution in [0.1, 0.15) is 39.2 Å². The van der Waals surface area contributed by atoms with Crippen LogP contribution in [0.4, 0.5) is 9.59 Å². The van der Waals surface area contributed by atoms with Gasteiger partial charge in [0.05, 0.1) is 0 Å². The van der Waals surface area contributed by atoms with Gasteiger partial charge in [-0.25, -0.2) is 15.0 Å². The third kappa shape index (κ3) is 9.17. The number of aliphatic hydroxyl groups is 1. The van der Waals surface area contributed by atoms with Crippen LogP contribution in [0.15, 0.2) is 24.3 Å². The van der Waals surface area contributed by atoms with Gasteiger partial charge in [-0.2, -0.15) is 0 Å². The van der Waals surface area contributed by atoms with Crippen LogP contribution in [0.2, 0.25) is 0 Å². The molecule has 0 spiro atoms. The summed E-state index contributed by atoms with van der Waals surface area (Å²) in [6.07, 6.45) is -1.89. The number of carbonyl (C=O) groups is 3. The SMILES string of the molecule is CC(C)(C)[C@H](NC(=O)OC1CC1)C(=O)NNC[C@H](O)[C@H](Cc1ccc(I)cc1)OC(N)=O. The number of nitrogens with two attached hydrogens (primary N) is 1. The molecule has 0 unspecified atom stereocenters. The number of hydrogen-bond acceptors (Lipinski definition) is 7. The molecule has 0 radical (unpaired) electrons. The van der Waals surface area contributed by atoms with Crippen molar-refractivity contribution in [2.24, 2.45) is 11.1 Å². The van der Waals surface area contributed by atoms with Crippen molar-refractivity contribution >= 4 is 40.7 Å². The topological polar surface area (TPSA) is 152 Å². The molecule has 10 nitrogen and oxygen atoms in total. The Morgan fingerprint density at radius 3 is 2.38 bits per heavy atom. The number of ether oxygens (including phenoxy) is 2. The molecule has 0 heterocycles. The van der Waals surface area contributed by atoms with Crippen LogP contribution in [0.25, 0.3) is 0 Å². The molecule has 0 aliphatic heterocycles. The first-order valence-electron chi connectivity index (χ1n) is 10.3. The van der Waals surface area contributed by atoms with Gasteiger partial charge in [0.2, 0.25) is 0 Å². The maximum Gasteiger partial charge on any atom is 0.408 e. The number of primary amides is 1. The van der Waals surface area contributed by atoms with E-state index in [4.69, 9.17) is 15.2 Å². The van der Waals surface area contributed by atoms with Crippen molar-refractivity contribution in [2.75, 3.05) is 6.54 Å². The highest BCUT2D eigenvalue weighted by molar-refractivity contribution is 14.1. The largest absolute Gasteiger partial charge is 0.446 e. The van der Waals surface area contributed by atoms with Gasteiger partial charge >= 0.3 is 12.2 Å². The smallest absolute Gasteiger partial charge is 0.408 e. The maximum atomic E-state index is 12.6. The zero-order chi connectivity index (χ0) is 23.9. The molecule has 1 fully saturated rings. The highest BCUT2D eigenvalue weighted by Gasteiger charge is 2.35. The van der Waals surface area contributed by atoms with Crippen molar-refractivity contribution in [3.8, 4) is 0 Å². The van der Waals surface area contributed by atoms with E-state index in [0.717, 1.165) is 22.0 Å². The molecule has 3 amide bonds. The predicted octanol–water partition coefficient (Wildman–Crippen LogP) is 1.58. The second kappa shape index (κ2) is 11.7. The average molecular weight is 562 g/mol. The van der Waals surface area contributed by atoms with E-state index in [1.807, 2.05) is 24.3 Å². The minimum absolute atomic E-state index is 0.0813. The third-order valence-corrected chi connectivity index (χ3v) is 5.48. The van der Waals surface area contributed by atoms with Crippen molar-refractivity contribution in [2.45, 2.75) is 64.4 Å². The summed E-state index contributed by atoms with van der Waals surface area (Å²) in [7, 11) is 0. The Hall–Kier alpha value is -2.12. The monoisotopic (exact) mass is 562 g/mol. The summed E-state index contributed by atoms with van der Waals surface area (Å²) >= 11 is 2.18. The average Bonchev–Trinajstić information content (AvgIpc) is 3.49. The maximum absolute atomic E-state index is 12.6. The number of halogens is 1. The van der Waals surface area contributed by atoms with Gasteiger partial charge < -0.3 is 25.6 Å². The lowest BCUT2D eigenvalue weighted by Gasteiger charge is -2.30. The van der Waals surface area contributed by atoms with Gasteiger partial charge in [0, 0.05) is 16.5 Å². The summed E-state index contributed by atoms with van der Waals surface area (Å²) in [4.78, 5) is 35.9. The molecule has 2 rings (SSSR count). The Labute approximate surface area is 201 Å². The van der Waals surface area contributed by atoms with Crippen LogP contribution >= 0.6 is 22.6 Å². The first-order chi connectivity index (χ1) is 15.0. The lowest BCUT2D eigenvalue weighted by Crippen LogP contribution is -2.57. The summed E-state index contributed by atoms with van der Waals surface area (Å²) < 4.78 is 11.3. The standard InChI is InChI=1S/C21H31IN4O6/c1-21(2,3)17(25-20(30)31-14-8-9-14)18(28)26-24-11-15(27)16(32-19(23)29)10-12-4-6-13(22)7-5-12/h4-7,14-17,24,27H,8-11H2,1-3H3,(H2,23,29)(H,25,30)(H,26,28)/t15-,16-,17+/m0/s1. The Morgan fingerprint density at radius 2 is 1.84 bits per heavy atom. The summed E-state index contributed by atoms with van der Waals surface area (Å²) in [5, 5.41) is 13.1. The van der Waals surface area contributed by atoms with Crippen LogP contribution in [-0.2, 0) is 20.7 Å². The zero-order valence-electron chi connectivity index (χ0n) is 18.4. The van der Waals surface area contributed by atoms with Crippen LogP contribution < -0.4 is 21.9 Å². The van der Waals surface area contributed by atoms with Crippen molar-refractivity contribution in [1.29, 1.82) is 0 Å². The number of hydrogen-bond donors (Lipinski definition) is 5. The third-order valence-electron chi connectivity index (χ3n) is 4.76. The number of amides is 3. The van der Waals surface area contributed by atoms with Gasteiger partial charge in [0.1, 0.15) is 24.4 Å². The normalized spacial score (nSPS) is 16.4. The van der Waals surface area contributed by atoms with Gasteiger partial charge in [-0.05, 0) is 58.5 Å². The van der Waals surface area contributed by atoms with Gasteiger partial charge in [0.15, 0.2) is 0 Å². The Bertz CT molecular complexity index is 794. The van der Waals surface area contributed by atoms with Crippen molar-refractivity contribution in [1.82, 2.24) is 16.2 Å². The van der Waals surface area contributed by atoms with E-state index in [2.05, 4.69) is 38.8 Å². The highest BCUT2D eigenvalue weighted by Crippen LogP contribution is 2.24. The van der Waals surface area contributed by atoms with E-state index in [1.165, 1.54) is 0 Å². The fraction of sp³-hybridized carbons (Fsp3) is 0.571. The number of alkyl carbamates (subject to hydrolysis) is 1. The fourth-order valence-corrected chi connectivity index (χ4v) is 3.23. The molecule has 11 heteroatoms. The minimum atomic E-state index is -1.15. The Kier molecular flexibility index (Phi) is 9.52. The lowest BCUT2D eigenvalue weighted by atomic mass is 9.86. The fourth-order valence-electron chi connectivity index (χ4n) is 2.87. The molecule has 3 atom stereocenters. The van der Waals surface area contributed by atoms with Gasteiger partial charge in [-0.1, -0.05) is 32.9 Å². The molecule has 0 saturated heterocycles. The van der Waals surface area contributed by atoms with E-state index in [9.17, 15) is 19.5 Å². The number of hydrazine groups is 1. The Balaban J connectivity index is 1.90.